The van der Waals surface area contributed by atoms with Gasteiger partial charge in [0.25, 0.3) is 6.43 Å². The van der Waals surface area contributed by atoms with E-state index >= 15 is 0 Å². The maximum Gasteiger partial charge on any atom is 0.436 e. The van der Waals surface area contributed by atoms with E-state index in [1.807, 2.05) is 0 Å². The minimum Gasteiger partial charge on any atom is -0.245 e. The fourth-order valence-electron chi connectivity index (χ4n) is 1.02. The Balaban J connectivity index is 3.44. The van der Waals surface area contributed by atoms with Gasteiger partial charge in [-0.2, -0.15) is 13.2 Å². The zero-order valence-electron chi connectivity index (χ0n) is 7.45. The molecular formula is C8H4BrF6N. The van der Waals surface area contributed by atoms with Crippen LogP contribution in [0.2, 0.25) is 0 Å². The summed E-state index contributed by atoms with van der Waals surface area (Å²) in [7, 11) is 0. The largest absolute Gasteiger partial charge is 0.436 e. The highest BCUT2D eigenvalue weighted by atomic mass is 79.9. The third-order valence-electron chi connectivity index (χ3n) is 1.68. The first-order chi connectivity index (χ1) is 7.27. The number of aromatic nitrogens is 1. The second-order valence-electron chi connectivity index (χ2n) is 2.80. The zero-order valence-corrected chi connectivity index (χ0v) is 9.04. The summed E-state index contributed by atoms with van der Waals surface area (Å²) in [6, 6.07) is 0.601. The zero-order chi connectivity index (χ0) is 12.5. The summed E-state index contributed by atoms with van der Waals surface area (Å²) < 4.78 is 74.3. The minimum atomic E-state index is -5.09. The van der Waals surface area contributed by atoms with Gasteiger partial charge in [0.2, 0.25) is 0 Å². The Hall–Kier alpha value is -0.790. The Labute approximate surface area is 94.6 Å². The summed E-state index contributed by atoms with van der Waals surface area (Å²) in [5.41, 5.74) is -3.51. The summed E-state index contributed by atoms with van der Waals surface area (Å²) in [6.07, 6.45) is -8.41. The van der Waals surface area contributed by atoms with Crippen molar-refractivity contribution in [2.24, 2.45) is 0 Å². The van der Waals surface area contributed by atoms with Crippen LogP contribution >= 0.6 is 15.9 Å². The first-order valence-electron chi connectivity index (χ1n) is 3.88. The molecule has 0 aliphatic rings. The quantitative estimate of drug-likeness (QED) is 0.593. The Morgan fingerprint density at radius 3 is 2.25 bits per heavy atom. The van der Waals surface area contributed by atoms with E-state index in [-0.39, 0.29) is 11.0 Å². The molecule has 0 fully saturated rings. The molecule has 1 nitrogen and oxygen atoms in total. The highest BCUT2D eigenvalue weighted by Crippen LogP contribution is 2.34. The molecule has 0 saturated carbocycles. The predicted octanol–water partition coefficient (Wildman–Crippen LogP) is 4.07. The minimum absolute atomic E-state index is 0.171. The van der Waals surface area contributed by atoms with Crippen LogP contribution in [-0.4, -0.2) is 4.98 Å². The third-order valence-corrected chi connectivity index (χ3v) is 2.25. The van der Waals surface area contributed by atoms with E-state index in [0.29, 0.717) is 6.07 Å². The van der Waals surface area contributed by atoms with Crippen molar-refractivity contribution in [1.82, 2.24) is 4.98 Å². The third kappa shape index (κ3) is 2.66. The smallest absolute Gasteiger partial charge is 0.245 e. The Bertz CT molecular complexity index is 389. The summed E-state index contributed by atoms with van der Waals surface area (Å²) in [4.78, 5) is 2.92. The lowest BCUT2D eigenvalue weighted by Crippen LogP contribution is -2.14. The summed E-state index contributed by atoms with van der Waals surface area (Å²) in [5.74, 6) is -2.02. The average Bonchev–Trinajstić information content (AvgIpc) is 2.15. The Morgan fingerprint density at radius 2 is 1.88 bits per heavy atom. The maximum absolute atomic E-state index is 13.1. The molecule has 0 atom stereocenters. The van der Waals surface area contributed by atoms with Crippen molar-refractivity contribution >= 4 is 15.9 Å². The lowest BCUT2D eigenvalue weighted by molar-refractivity contribution is -0.144. The monoisotopic (exact) mass is 307 g/mol. The van der Waals surface area contributed by atoms with Crippen molar-refractivity contribution in [3.63, 3.8) is 0 Å². The van der Waals surface area contributed by atoms with E-state index < -0.39 is 29.7 Å². The van der Waals surface area contributed by atoms with Crippen LogP contribution in [0.1, 0.15) is 23.4 Å². The molecule has 0 bridgehead atoms. The van der Waals surface area contributed by atoms with E-state index in [4.69, 9.17) is 0 Å². The molecule has 0 unspecified atom stereocenters. The lowest BCUT2D eigenvalue weighted by atomic mass is 10.2. The van der Waals surface area contributed by atoms with Gasteiger partial charge in [-0.25, -0.2) is 18.2 Å². The SMILES string of the molecule is Fc1c(C(F)F)cc(CBr)nc1C(F)(F)F. The van der Waals surface area contributed by atoms with Crippen molar-refractivity contribution in [2.45, 2.75) is 17.9 Å². The number of hydrogen-bond donors (Lipinski definition) is 0. The normalized spacial score (nSPS) is 12.2. The van der Waals surface area contributed by atoms with Gasteiger partial charge in [0, 0.05) is 5.33 Å². The molecule has 1 heterocycles. The van der Waals surface area contributed by atoms with Gasteiger partial charge in [0.15, 0.2) is 11.5 Å². The van der Waals surface area contributed by atoms with Gasteiger partial charge in [0.05, 0.1) is 11.3 Å². The van der Waals surface area contributed by atoms with Crippen molar-refractivity contribution in [1.29, 1.82) is 0 Å². The molecule has 0 amide bonds. The van der Waals surface area contributed by atoms with Gasteiger partial charge in [-0.3, -0.25) is 0 Å². The summed E-state index contributed by atoms with van der Waals surface area (Å²) in [5, 5.41) is -0.171. The average molecular weight is 308 g/mol. The molecule has 1 aromatic heterocycles. The number of rotatable bonds is 2. The Morgan fingerprint density at radius 1 is 1.31 bits per heavy atom. The molecule has 8 heteroatoms. The first-order valence-corrected chi connectivity index (χ1v) is 5.00. The number of halogens is 7. The molecule has 1 aromatic rings. The van der Waals surface area contributed by atoms with Crippen molar-refractivity contribution in [2.75, 3.05) is 0 Å². The fourth-order valence-corrected chi connectivity index (χ4v) is 1.31. The molecule has 16 heavy (non-hydrogen) atoms. The highest BCUT2D eigenvalue weighted by molar-refractivity contribution is 9.08. The lowest BCUT2D eigenvalue weighted by Gasteiger charge is -2.11. The predicted molar refractivity (Wildman–Crippen MR) is 46.8 cm³/mol. The second kappa shape index (κ2) is 4.60. The van der Waals surface area contributed by atoms with E-state index in [1.54, 1.807) is 0 Å². The second-order valence-corrected chi connectivity index (χ2v) is 3.36. The molecule has 0 N–H and O–H groups in total. The standard InChI is InChI=1S/C8H4BrF6N/c9-2-3-1-4(7(11)12)5(10)6(16-3)8(13,14)15/h1,7H,2H2. The van der Waals surface area contributed by atoms with E-state index in [1.165, 1.54) is 0 Å². The van der Waals surface area contributed by atoms with Crippen LogP contribution in [0.5, 0.6) is 0 Å². The fraction of sp³-hybridized carbons (Fsp3) is 0.375. The molecule has 0 radical (unpaired) electrons. The van der Waals surface area contributed by atoms with Crippen LogP contribution in [0.4, 0.5) is 26.3 Å². The van der Waals surface area contributed by atoms with Crippen LogP contribution in [0.15, 0.2) is 6.07 Å². The summed E-state index contributed by atoms with van der Waals surface area (Å²) >= 11 is 2.77. The van der Waals surface area contributed by atoms with Crippen LogP contribution in [0.3, 0.4) is 0 Å². The van der Waals surface area contributed by atoms with Crippen molar-refractivity contribution < 1.29 is 26.3 Å². The highest BCUT2D eigenvalue weighted by Gasteiger charge is 2.38. The Kier molecular flexibility index (Phi) is 3.82. The van der Waals surface area contributed by atoms with Gasteiger partial charge < -0.3 is 0 Å². The number of hydrogen-bond acceptors (Lipinski definition) is 1. The molecule has 1 rings (SSSR count). The van der Waals surface area contributed by atoms with E-state index in [9.17, 15) is 26.3 Å². The number of pyridine rings is 1. The van der Waals surface area contributed by atoms with Gasteiger partial charge in [0.1, 0.15) is 0 Å². The maximum atomic E-state index is 13.1. The molecule has 0 saturated heterocycles. The van der Waals surface area contributed by atoms with Crippen LogP contribution < -0.4 is 0 Å². The van der Waals surface area contributed by atoms with Gasteiger partial charge in [-0.15, -0.1) is 0 Å². The number of nitrogens with zero attached hydrogens (tertiary/aromatic N) is 1. The molecular weight excluding hydrogens is 304 g/mol. The molecule has 0 aliphatic carbocycles. The van der Waals surface area contributed by atoms with Gasteiger partial charge >= 0.3 is 6.18 Å². The van der Waals surface area contributed by atoms with Gasteiger partial charge in [-0.05, 0) is 6.07 Å². The molecule has 0 spiro atoms. The van der Waals surface area contributed by atoms with Crippen molar-refractivity contribution in [3.05, 3.63) is 28.8 Å². The van der Waals surface area contributed by atoms with E-state index in [2.05, 4.69) is 20.9 Å². The van der Waals surface area contributed by atoms with Crippen LogP contribution in [-0.2, 0) is 11.5 Å². The van der Waals surface area contributed by atoms with Crippen molar-refractivity contribution in [3.8, 4) is 0 Å². The van der Waals surface area contributed by atoms with Crippen LogP contribution in [0, 0.1) is 5.82 Å². The topological polar surface area (TPSA) is 12.9 Å². The molecule has 90 valence electrons. The van der Waals surface area contributed by atoms with Crippen LogP contribution in [0.25, 0.3) is 0 Å². The van der Waals surface area contributed by atoms with Gasteiger partial charge in [-0.1, -0.05) is 15.9 Å². The van der Waals surface area contributed by atoms with E-state index in [0.717, 1.165) is 0 Å². The molecule has 0 aromatic carbocycles. The first kappa shape index (κ1) is 13.3. The summed E-state index contributed by atoms with van der Waals surface area (Å²) in [6.45, 7) is 0. The molecule has 0 aliphatic heterocycles. The number of alkyl halides is 6.